The van der Waals surface area contributed by atoms with Crippen molar-refractivity contribution in [1.82, 2.24) is 0 Å². The molecule has 3 atom stereocenters. The number of benzene rings is 1. The van der Waals surface area contributed by atoms with E-state index in [-0.39, 0.29) is 0 Å². The lowest BCUT2D eigenvalue weighted by Crippen LogP contribution is -2.26. The Morgan fingerprint density at radius 2 is 1.68 bits per heavy atom. The van der Waals surface area contributed by atoms with Crippen molar-refractivity contribution in [1.29, 1.82) is 0 Å². The van der Waals surface area contributed by atoms with Gasteiger partial charge in [-0.2, -0.15) is 0 Å². The molecule has 2 fully saturated rings. The minimum absolute atomic E-state index is 0.396. The van der Waals surface area contributed by atoms with Crippen molar-refractivity contribution < 1.29 is 9.47 Å². The van der Waals surface area contributed by atoms with E-state index < -0.39 is 0 Å². The molecule has 2 heteroatoms. The number of hydrogen-bond donors (Lipinski definition) is 0. The van der Waals surface area contributed by atoms with E-state index in [2.05, 4.69) is 39.8 Å². The van der Waals surface area contributed by atoms with Crippen molar-refractivity contribution in [3.8, 4) is 11.5 Å². The van der Waals surface area contributed by atoms with Crippen molar-refractivity contribution in [3.63, 3.8) is 0 Å². The first kappa shape index (κ1) is 18.6. The minimum Gasteiger partial charge on any atom is -0.496 e. The number of fused-ring (bicyclic) bond motifs is 2. The molecule has 2 aliphatic rings. The van der Waals surface area contributed by atoms with Crippen LogP contribution in [0.15, 0.2) is 12.1 Å². The predicted octanol–water partition coefficient (Wildman–Crippen LogP) is 6.37. The summed E-state index contributed by atoms with van der Waals surface area (Å²) in [6, 6.07) is 4.55. The third-order valence-electron chi connectivity index (χ3n) is 7.69. The molecule has 0 amide bonds. The van der Waals surface area contributed by atoms with Crippen LogP contribution in [0.4, 0.5) is 0 Å². The average molecular weight is 345 g/mol. The molecule has 3 unspecified atom stereocenters. The molecule has 0 spiro atoms. The van der Waals surface area contributed by atoms with Crippen LogP contribution in [-0.2, 0) is 6.42 Å². The summed E-state index contributed by atoms with van der Waals surface area (Å²) in [5.41, 5.74) is 3.51. The summed E-state index contributed by atoms with van der Waals surface area (Å²) in [5, 5.41) is 0. The van der Waals surface area contributed by atoms with Gasteiger partial charge in [0.2, 0.25) is 0 Å². The maximum Gasteiger partial charge on any atom is 0.126 e. The number of aryl methyl sites for hydroxylation is 1. The van der Waals surface area contributed by atoms with Crippen molar-refractivity contribution in [2.45, 2.75) is 78.6 Å². The molecule has 2 bridgehead atoms. The van der Waals surface area contributed by atoms with Crippen molar-refractivity contribution in [2.75, 3.05) is 14.2 Å². The van der Waals surface area contributed by atoms with Crippen LogP contribution in [-0.4, -0.2) is 14.2 Å². The highest BCUT2D eigenvalue weighted by atomic mass is 16.5. The van der Waals surface area contributed by atoms with Crippen LogP contribution in [0.1, 0.15) is 83.3 Å². The standard InChI is InChI=1S/C23H36O2/c1-7-8-9-10-16-13-19(24-5)21(20(14-16)25-6)17-15-23(4)12-11-18(17)22(23,2)3/h13-14,17-18H,7-12,15H2,1-6H3. The fourth-order valence-corrected chi connectivity index (χ4v) is 5.69. The zero-order chi connectivity index (χ0) is 18.2. The van der Waals surface area contributed by atoms with Crippen LogP contribution >= 0.6 is 0 Å². The molecule has 0 aromatic heterocycles. The van der Waals surface area contributed by atoms with Gasteiger partial charge in [-0.3, -0.25) is 0 Å². The van der Waals surface area contributed by atoms with E-state index in [0.29, 0.717) is 16.7 Å². The lowest BCUT2D eigenvalue weighted by atomic mass is 9.71. The molecule has 1 aromatic rings. The molecule has 0 aliphatic heterocycles. The lowest BCUT2D eigenvalue weighted by molar-refractivity contribution is 0.152. The summed E-state index contributed by atoms with van der Waals surface area (Å²) >= 11 is 0. The number of ether oxygens (including phenoxy) is 2. The Kier molecular flexibility index (Phi) is 5.10. The summed E-state index contributed by atoms with van der Waals surface area (Å²) in [5.74, 6) is 3.38. The highest BCUT2D eigenvalue weighted by molar-refractivity contribution is 5.52. The highest BCUT2D eigenvalue weighted by Gasteiger charge is 2.61. The van der Waals surface area contributed by atoms with Gasteiger partial charge in [0.25, 0.3) is 0 Å². The van der Waals surface area contributed by atoms with Crippen LogP contribution in [0.5, 0.6) is 11.5 Å². The molecule has 1 aromatic carbocycles. The van der Waals surface area contributed by atoms with Crippen molar-refractivity contribution in [3.05, 3.63) is 23.3 Å². The Bertz CT molecular complexity index is 591. The summed E-state index contributed by atoms with van der Waals surface area (Å²) in [6.07, 6.45) is 8.83. The van der Waals surface area contributed by atoms with E-state index >= 15 is 0 Å². The Morgan fingerprint density at radius 3 is 2.12 bits per heavy atom. The highest BCUT2D eigenvalue weighted by Crippen LogP contribution is 2.71. The fraction of sp³-hybridized carbons (Fsp3) is 0.739. The summed E-state index contributed by atoms with van der Waals surface area (Å²) in [6.45, 7) is 9.69. The maximum absolute atomic E-state index is 5.88. The Morgan fingerprint density at radius 1 is 1.04 bits per heavy atom. The van der Waals surface area contributed by atoms with Gasteiger partial charge in [0.15, 0.2) is 0 Å². The molecule has 3 rings (SSSR count). The third-order valence-corrected chi connectivity index (χ3v) is 7.69. The van der Waals surface area contributed by atoms with Crippen LogP contribution in [0.25, 0.3) is 0 Å². The summed E-state index contributed by atoms with van der Waals surface area (Å²) in [4.78, 5) is 0. The quantitative estimate of drug-likeness (QED) is 0.535. The van der Waals surface area contributed by atoms with E-state index in [0.717, 1.165) is 23.8 Å². The zero-order valence-electron chi connectivity index (χ0n) is 17.1. The summed E-state index contributed by atoms with van der Waals surface area (Å²) in [7, 11) is 3.63. The lowest BCUT2D eigenvalue weighted by Gasteiger charge is -2.34. The SMILES string of the molecule is CCCCCc1cc(OC)c(C2CC3(C)CCC2C3(C)C)c(OC)c1. The molecule has 0 radical (unpaired) electrons. The van der Waals surface area contributed by atoms with Gasteiger partial charge < -0.3 is 9.47 Å². The topological polar surface area (TPSA) is 18.5 Å². The van der Waals surface area contributed by atoms with Gasteiger partial charge in [0.1, 0.15) is 11.5 Å². The third kappa shape index (κ3) is 2.96. The van der Waals surface area contributed by atoms with Crippen LogP contribution in [0.2, 0.25) is 0 Å². The zero-order valence-corrected chi connectivity index (χ0v) is 17.1. The molecule has 2 aliphatic carbocycles. The minimum atomic E-state index is 0.396. The molecule has 2 saturated carbocycles. The number of hydrogen-bond acceptors (Lipinski definition) is 2. The van der Waals surface area contributed by atoms with Crippen LogP contribution in [0, 0.1) is 16.7 Å². The molecular formula is C23H36O2. The largest absolute Gasteiger partial charge is 0.496 e. The summed E-state index contributed by atoms with van der Waals surface area (Å²) < 4.78 is 11.8. The smallest absolute Gasteiger partial charge is 0.126 e. The van der Waals surface area contributed by atoms with Gasteiger partial charge in [0.05, 0.1) is 14.2 Å². The average Bonchev–Trinajstić information content (AvgIpc) is 2.94. The molecular weight excluding hydrogens is 308 g/mol. The first-order valence-electron chi connectivity index (χ1n) is 10.1. The van der Waals surface area contributed by atoms with Gasteiger partial charge >= 0.3 is 0 Å². The Balaban J connectivity index is 1.96. The Labute approximate surface area is 154 Å². The van der Waals surface area contributed by atoms with Crippen molar-refractivity contribution >= 4 is 0 Å². The number of unbranched alkanes of at least 4 members (excludes halogenated alkanes) is 2. The van der Waals surface area contributed by atoms with E-state index in [4.69, 9.17) is 9.47 Å². The van der Waals surface area contributed by atoms with Gasteiger partial charge in [-0.1, -0.05) is 40.5 Å². The maximum atomic E-state index is 5.88. The van der Waals surface area contributed by atoms with E-state index in [1.807, 2.05) is 14.2 Å². The van der Waals surface area contributed by atoms with Crippen LogP contribution < -0.4 is 9.47 Å². The molecule has 0 N–H and O–H groups in total. The van der Waals surface area contributed by atoms with Gasteiger partial charge in [0, 0.05) is 5.56 Å². The van der Waals surface area contributed by atoms with Crippen LogP contribution in [0.3, 0.4) is 0 Å². The van der Waals surface area contributed by atoms with E-state index in [1.54, 1.807) is 0 Å². The first-order valence-corrected chi connectivity index (χ1v) is 10.1. The second-order valence-corrected chi connectivity index (χ2v) is 9.11. The monoisotopic (exact) mass is 344 g/mol. The second kappa shape index (κ2) is 6.85. The van der Waals surface area contributed by atoms with Crippen molar-refractivity contribution in [2.24, 2.45) is 16.7 Å². The molecule has 2 nitrogen and oxygen atoms in total. The number of methoxy groups -OCH3 is 2. The fourth-order valence-electron chi connectivity index (χ4n) is 5.69. The van der Waals surface area contributed by atoms with Gasteiger partial charge in [-0.05, 0) is 72.5 Å². The molecule has 0 saturated heterocycles. The first-order chi connectivity index (χ1) is 11.9. The molecule has 0 heterocycles. The van der Waals surface area contributed by atoms with Gasteiger partial charge in [-0.25, -0.2) is 0 Å². The van der Waals surface area contributed by atoms with E-state index in [1.165, 1.54) is 49.7 Å². The Hall–Kier alpha value is -1.18. The molecule has 25 heavy (non-hydrogen) atoms. The van der Waals surface area contributed by atoms with Gasteiger partial charge in [-0.15, -0.1) is 0 Å². The predicted molar refractivity (Wildman–Crippen MR) is 105 cm³/mol. The normalized spacial score (nSPS) is 29.8. The number of rotatable bonds is 7. The van der Waals surface area contributed by atoms with E-state index in [9.17, 15) is 0 Å². The molecule has 140 valence electrons. The second-order valence-electron chi connectivity index (χ2n) is 9.11.